The van der Waals surface area contributed by atoms with Crippen molar-refractivity contribution in [2.75, 3.05) is 40.4 Å². The molecule has 116 valence electrons. The predicted molar refractivity (Wildman–Crippen MR) is 77.3 cm³/mol. The Morgan fingerprint density at radius 3 is 2.50 bits per heavy atom. The second-order valence-corrected chi connectivity index (χ2v) is 6.60. The molecule has 0 aliphatic carbocycles. The first kappa shape index (κ1) is 16.9. The minimum atomic E-state index is -0.536. The molecule has 6 heteroatoms. The normalized spacial score (nSPS) is 22.6. The van der Waals surface area contributed by atoms with E-state index in [0.29, 0.717) is 13.2 Å². The Morgan fingerprint density at radius 2 is 2.05 bits per heavy atom. The number of amides is 2. The third kappa shape index (κ3) is 4.45. The average molecular weight is 285 g/mol. The monoisotopic (exact) mass is 285 g/mol. The van der Waals surface area contributed by atoms with Crippen LogP contribution in [0.15, 0.2) is 0 Å². The molecule has 1 heterocycles. The van der Waals surface area contributed by atoms with E-state index in [0.717, 1.165) is 13.0 Å². The summed E-state index contributed by atoms with van der Waals surface area (Å²) in [6.07, 6.45) is 0.741. The van der Waals surface area contributed by atoms with Crippen molar-refractivity contribution in [3.05, 3.63) is 0 Å². The molecule has 0 spiro atoms. The van der Waals surface area contributed by atoms with E-state index >= 15 is 0 Å². The van der Waals surface area contributed by atoms with Crippen molar-refractivity contribution >= 4 is 11.8 Å². The van der Waals surface area contributed by atoms with Gasteiger partial charge in [0, 0.05) is 26.2 Å². The Balaban J connectivity index is 2.63. The van der Waals surface area contributed by atoms with Crippen molar-refractivity contribution in [2.45, 2.75) is 32.7 Å². The summed E-state index contributed by atoms with van der Waals surface area (Å²) in [7, 11) is 3.26. The first-order chi connectivity index (χ1) is 9.20. The molecule has 1 unspecified atom stereocenters. The fourth-order valence-electron chi connectivity index (χ4n) is 2.54. The molecule has 6 nitrogen and oxygen atoms in total. The van der Waals surface area contributed by atoms with Crippen LogP contribution in [-0.2, 0) is 14.3 Å². The Bertz CT molecular complexity index is 357. The lowest BCUT2D eigenvalue weighted by Crippen LogP contribution is -2.51. The number of hydrogen-bond donors (Lipinski definition) is 2. The maximum atomic E-state index is 12.6. The molecule has 0 radical (unpaired) electrons. The number of nitrogens with zero attached hydrogens (tertiary/aromatic N) is 1. The minimum absolute atomic E-state index is 0.0339. The van der Waals surface area contributed by atoms with E-state index in [1.54, 1.807) is 14.2 Å². The van der Waals surface area contributed by atoms with Crippen LogP contribution in [0, 0.1) is 5.41 Å². The number of hydrogen-bond acceptors (Lipinski definition) is 4. The predicted octanol–water partition coefficient (Wildman–Crippen LogP) is -0.0144. The van der Waals surface area contributed by atoms with Gasteiger partial charge >= 0.3 is 0 Å². The van der Waals surface area contributed by atoms with Crippen LogP contribution < -0.4 is 10.6 Å². The van der Waals surface area contributed by atoms with Crippen LogP contribution in [0.2, 0.25) is 0 Å². The molecular weight excluding hydrogens is 258 g/mol. The zero-order chi connectivity index (χ0) is 15.4. The Hall–Kier alpha value is -1.14. The zero-order valence-electron chi connectivity index (χ0n) is 13.2. The molecule has 1 rings (SSSR count). The van der Waals surface area contributed by atoms with E-state index in [2.05, 4.69) is 10.6 Å². The minimum Gasteiger partial charge on any atom is -0.384 e. The SMILES string of the molecule is COCC1(C(=O)N(C)CC(=O)NC(C)(C)C)CCNC1. The van der Waals surface area contributed by atoms with Crippen molar-refractivity contribution in [2.24, 2.45) is 5.41 Å². The molecule has 0 aromatic heterocycles. The average Bonchev–Trinajstić information content (AvgIpc) is 2.75. The van der Waals surface area contributed by atoms with Gasteiger partial charge in [-0.15, -0.1) is 0 Å². The van der Waals surface area contributed by atoms with Crippen molar-refractivity contribution in [3.8, 4) is 0 Å². The molecule has 20 heavy (non-hydrogen) atoms. The first-order valence-electron chi connectivity index (χ1n) is 6.96. The molecule has 1 saturated heterocycles. The quantitative estimate of drug-likeness (QED) is 0.745. The maximum absolute atomic E-state index is 12.6. The van der Waals surface area contributed by atoms with Crippen molar-refractivity contribution in [1.29, 1.82) is 0 Å². The third-order valence-corrected chi connectivity index (χ3v) is 3.36. The van der Waals surface area contributed by atoms with Gasteiger partial charge in [-0.05, 0) is 33.7 Å². The summed E-state index contributed by atoms with van der Waals surface area (Å²) in [6, 6.07) is 0. The fraction of sp³-hybridized carbons (Fsp3) is 0.857. The third-order valence-electron chi connectivity index (χ3n) is 3.36. The Kier molecular flexibility index (Phi) is 5.53. The van der Waals surface area contributed by atoms with Gasteiger partial charge in [-0.25, -0.2) is 0 Å². The number of rotatable bonds is 5. The molecular formula is C14H27N3O3. The molecule has 0 bridgehead atoms. The van der Waals surface area contributed by atoms with E-state index in [1.165, 1.54) is 4.90 Å². The van der Waals surface area contributed by atoms with Crippen LogP contribution in [0.25, 0.3) is 0 Å². The lowest BCUT2D eigenvalue weighted by Gasteiger charge is -2.31. The smallest absolute Gasteiger partial charge is 0.240 e. The van der Waals surface area contributed by atoms with E-state index in [-0.39, 0.29) is 23.9 Å². The highest BCUT2D eigenvalue weighted by Crippen LogP contribution is 2.28. The lowest BCUT2D eigenvalue weighted by molar-refractivity contribution is -0.145. The second-order valence-electron chi connectivity index (χ2n) is 6.60. The highest BCUT2D eigenvalue weighted by Gasteiger charge is 2.43. The van der Waals surface area contributed by atoms with Gasteiger partial charge < -0.3 is 20.3 Å². The van der Waals surface area contributed by atoms with E-state index in [1.807, 2.05) is 20.8 Å². The van der Waals surface area contributed by atoms with Crippen LogP contribution in [0.4, 0.5) is 0 Å². The van der Waals surface area contributed by atoms with Gasteiger partial charge in [-0.1, -0.05) is 0 Å². The van der Waals surface area contributed by atoms with Crippen molar-refractivity contribution in [3.63, 3.8) is 0 Å². The summed E-state index contributed by atoms with van der Waals surface area (Å²) < 4.78 is 5.20. The summed E-state index contributed by atoms with van der Waals surface area (Å²) in [5.41, 5.74) is -0.828. The molecule has 0 aromatic carbocycles. The standard InChI is InChI=1S/C14H27N3O3/c1-13(2,3)16-11(18)8-17(4)12(19)14(10-20-5)6-7-15-9-14/h15H,6-10H2,1-5H3,(H,16,18). The largest absolute Gasteiger partial charge is 0.384 e. The van der Waals surface area contributed by atoms with E-state index < -0.39 is 5.41 Å². The molecule has 1 atom stereocenters. The first-order valence-corrected chi connectivity index (χ1v) is 6.96. The summed E-state index contributed by atoms with van der Waals surface area (Å²) in [6.45, 7) is 7.60. The van der Waals surface area contributed by atoms with Gasteiger partial charge in [0.2, 0.25) is 11.8 Å². The molecule has 1 fully saturated rings. The number of nitrogens with one attached hydrogen (secondary N) is 2. The maximum Gasteiger partial charge on any atom is 0.240 e. The van der Waals surface area contributed by atoms with E-state index in [9.17, 15) is 9.59 Å². The number of likely N-dealkylation sites (N-methyl/N-ethyl adjacent to an activating group) is 1. The number of carbonyl (C=O) groups excluding carboxylic acids is 2. The molecule has 0 aromatic rings. The van der Waals surface area contributed by atoms with Crippen LogP contribution in [0.3, 0.4) is 0 Å². The van der Waals surface area contributed by atoms with Crippen molar-refractivity contribution in [1.82, 2.24) is 15.5 Å². The van der Waals surface area contributed by atoms with Gasteiger partial charge in [-0.2, -0.15) is 0 Å². The Labute approximate surface area is 121 Å². The molecule has 0 saturated carbocycles. The number of ether oxygens (including phenoxy) is 1. The van der Waals surface area contributed by atoms with Crippen LogP contribution in [0.5, 0.6) is 0 Å². The van der Waals surface area contributed by atoms with Crippen LogP contribution in [-0.4, -0.2) is 62.7 Å². The fourth-order valence-corrected chi connectivity index (χ4v) is 2.54. The van der Waals surface area contributed by atoms with Gasteiger partial charge in [0.25, 0.3) is 0 Å². The van der Waals surface area contributed by atoms with Gasteiger partial charge in [-0.3, -0.25) is 9.59 Å². The summed E-state index contributed by atoms with van der Waals surface area (Å²) in [4.78, 5) is 26.0. The van der Waals surface area contributed by atoms with Crippen LogP contribution >= 0.6 is 0 Å². The Morgan fingerprint density at radius 1 is 1.40 bits per heavy atom. The molecule has 2 N–H and O–H groups in total. The topological polar surface area (TPSA) is 70.7 Å². The van der Waals surface area contributed by atoms with Gasteiger partial charge in [0.15, 0.2) is 0 Å². The summed E-state index contributed by atoms with van der Waals surface area (Å²) >= 11 is 0. The number of methoxy groups -OCH3 is 1. The van der Waals surface area contributed by atoms with E-state index in [4.69, 9.17) is 4.74 Å². The van der Waals surface area contributed by atoms with Crippen LogP contribution in [0.1, 0.15) is 27.2 Å². The van der Waals surface area contributed by atoms with Crippen molar-refractivity contribution < 1.29 is 14.3 Å². The molecule has 1 aliphatic heterocycles. The zero-order valence-corrected chi connectivity index (χ0v) is 13.2. The highest BCUT2D eigenvalue weighted by atomic mass is 16.5. The molecule has 2 amide bonds. The summed E-state index contributed by atoms with van der Waals surface area (Å²) in [5, 5.41) is 6.06. The lowest BCUT2D eigenvalue weighted by atomic mass is 9.86. The van der Waals surface area contributed by atoms with Gasteiger partial charge in [0.05, 0.1) is 18.6 Å². The summed E-state index contributed by atoms with van der Waals surface area (Å²) in [5.74, 6) is -0.180. The van der Waals surface area contributed by atoms with Gasteiger partial charge in [0.1, 0.15) is 0 Å². The number of carbonyl (C=O) groups is 2. The second kappa shape index (κ2) is 6.54. The highest BCUT2D eigenvalue weighted by molar-refractivity contribution is 5.88. The molecule has 1 aliphatic rings.